The minimum Gasteiger partial charge on any atom is -0.308 e. The van der Waals surface area contributed by atoms with Crippen LogP contribution in [0.4, 0.5) is 0 Å². The zero-order valence-electron chi connectivity index (χ0n) is 15.4. The van der Waals surface area contributed by atoms with Gasteiger partial charge in [-0.15, -0.1) is 22.7 Å². The molecule has 0 radical (unpaired) electrons. The first kappa shape index (κ1) is 15.7. The van der Waals surface area contributed by atoms with Gasteiger partial charge in [-0.2, -0.15) is 0 Å². The smallest absolute Gasteiger partial charge is 0.0640 e. The molecule has 3 aromatic heterocycles. The first-order chi connectivity index (χ1) is 14.4. The highest BCUT2D eigenvalue weighted by Crippen LogP contribution is 2.42. The molecular weight excluding hydrogens is 390 g/mol. The Morgan fingerprint density at radius 3 is 2.38 bits per heavy atom. The third-order valence-electron chi connectivity index (χ3n) is 5.88. The van der Waals surface area contributed by atoms with E-state index in [0.717, 1.165) is 0 Å². The van der Waals surface area contributed by atoms with Crippen LogP contribution in [0.2, 0.25) is 0 Å². The predicted molar refractivity (Wildman–Crippen MR) is 129 cm³/mol. The van der Waals surface area contributed by atoms with Crippen LogP contribution < -0.4 is 0 Å². The third-order valence-corrected chi connectivity index (χ3v) is 8.04. The zero-order chi connectivity index (χ0) is 18.9. The molecule has 0 aliphatic carbocycles. The quantitative estimate of drug-likeness (QED) is 0.258. The van der Waals surface area contributed by atoms with Crippen molar-refractivity contribution in [3.63, 3.8) is 0 Å². The lowest BCUT2D eigenvalue weighted by Crippen LogP contribution is -1.93. The van der Waals surface area contributed by atoms with Crippen molar-refractivity contribution in [1.82, 2.24) is 4.57 Å². The van der Waals surface area contributed by atoms with Crippen molar-refractivity contribution in [2.75, 3.05) is 0 Å². The van der Waals surface area contributed by atoms with Crippen molar-refractivity contribution in [2.45, 2.75) is 0 Å². The van der Waals surface area contributed by atoms with Gasteiger partial charge in [0.25, 0.3) is 0 Å². The number of para-hydroxylation sites is 1. The molecular formula is C26H15NS2. The van der Waals surface area contributed by atoms with Crippen molar-refractivity contribution < 1.29 is 0 Å². The lowest BCUT2D eigenvalue weighted by Gasteiger charge is -2.09. The Morgan fingerprint density at radius 2 is 1.41 bits per heavy atom. The minimum atomic E-state index is 1.27. The largest absolute Gasteiger partial charge is 0.308 e. The van der Waals surface area contributed by atoms with Crippen molar-refractivity contribution >= 4 is 74.7 Å². The Hall–Kier alpha value is -3.14. The van der Waals surface area contributed by atoms with Gasteiger partial charge in [0.05, 0.1) is 21.4 Å². The number of hydrogen-bond donors (Lipinski definition) is 0. The van der Waals surface area contributed by atoms with Gasteiger partial charge in [-0.3, -0.25) is 0 Å². The van der Waals surface area contributed by atoms with E-state index in [1.165, 1.54) is 57.8 Å². The molecule has 3 heterocycles. The molecule has 29 heavy (non-hydrogen) atoms. The second-order valence-corrected chi connectivity index (χ2v) is 9.37. The van der Waals surface area contributed by atoms with Gasteiger partial charge in [-0.1, -0.05) is 54.6 Å². The molecule has 1 nitrogen and oxygen atoms in total. The summed E-state index contributed by atoms with van der Waals surface area (Å²) in [5, 5.41) is 8.90. The Kier molecular flexibility index (Phi) is 3.09. The molecule has 3 heteroatoms. The van der Waals surface area contributed by atoms with Crippen LogP contribution in [0.3, 0.4) is 0 Å². The van der Waals surface area contributed by atoms with Crippen molar-refractivity contribution in [2.24, 2.45) is 0 Å². The van der Waals surface area contributed by atoms with E-state index >= 15 is 0 Å². The van der Waals surface area contributed by atoms with Crippen LogP contribution in [0.5, 0.6) is 0 Å². The van der Waals surface area contributed by atoms with Gasteiger partial charge in [0, 0.05) is 30.9 Å². The summed E-state index contributed by atoms with van der Waals surface area (Å²) in [4.78, 5) is 0. The van der Waals surface area contributed by atoms with Gasteiger partial charge in [0.1, 0.15) is 0 Å². The molecule has 7 aromatic rings. The van der Waals surface area contributed by atoms with E-state index in [-0.39, 0.29) is 0 Å². The molecule has 136 valence electrons. The standard InChI is InChI=1S/C26H15NS2/c1-3-9-20-19(7-1)24-21(13-12-16-14-15-28-25(16)24)27(20)22-10-5-8-18-17-6-2-4-11-23(17)29-26(18)22/h1-15H. The molecule has 0 saturated carbocycles. The van der Waals surface area contributed by atoms with E-state index in [1.807, 2.05) is 22.7 Å². The van der Waals surface area contributed by atoms with E-state index in [1.54, 1.807) is 0 Å². The monoisotopic (exact) mass is 405 g/mol. The van der Waals surface area contributed by atoms with Crippen LogP contribution >= 0.6 is 22.7 Å². The van der Waals surface area contributed by atoms with Crippen LogP contribution in [0, 0.1) is 0 Å². The molecule has 0 N–H and O–H groups in total. The molecule has 4 aromatic carbocycles. The first-order valence-corrected chi connectivity index (χ1v) is 11.4. The molecule has 0 fully saturated rings. The average molecular weight is 406 g/mol. The summed E-state index contributed by atoms with van der Waals surface area (Å²) >= 11 is 3.73. The number of hydrogen-bond acceptors (Lipinski definition) is 2. The summed E-state index contributed by atoms with van der Waals surface area (Å²) in [5.74, 6) is 0. The van der Waals surface area contributed by atoms with Crippen molar-refractivity contribution in [3.8, 4) is 5.69 Å². The fraction of sp³-hybridized carbons (Fsp3) is 0. The van der Waals surface area contributed by atoms with Crippen molar-refractivity contribution in [3.05, 3.63) is 90.3 Å². The number of rotatable bonds is 1. The summed E-state index contributed by atoms with van der Waals surface area (Å²) in [6.45, 7) is 0. The summed E-state index contributed by atoms with van der Waals surface area (Å²) < 4.78 is 6.53. The van der Waals surface area contributed by atoms with Gasteiger partial charge < -0.3 is 4.57 Å². The van der Waals surface area contributed by atoms with Gasteiger partial charge in [0.15, 0.2) is 0 Å². The molecule has 0 amide bonds. The van der Waals surface area contributed by atoms with Crippen LogP contribution in [0.15, 0.2) is 90.3 Å². The maximum Gasteiger partial charge on any atom is 0.0640 e. The fourth-order valence-corrected chi connectivity index (χ4v) is 6.81. The summed E-state index contributed by atoms with van der Waals surface area (Å²) in [6, 6.07) is 31.0. The van der Waals surface area contributed by atoms with E-state index in [0.29, 0.717) is 0 Å². The number of fused-ring (bicyclic) bond motifs is 8. The Balaban J connectivity index is 1.72. The Morgan fingerprint density at radius 1 is 0.586 bits per heavy atom. The van der Waals surface area contributed by atoms with Crippen LogP contribution in [0.1, 0.15) is 0 Å². The summed E-state index contributed by atoms with van der Waals surface area (Å²) in [5.41, 5.74) is 3.82. The molecule has 0 spiro atoms. The van der Waals surface area contributed by atoms with Crippen LogP contribution in [0.25, 0.3) is 57.8 Å². The number of aromatic nitrogens is 1. The highest BCUT2D eigenvalue weighted by atomic mass is 32.1. The SMILES string of the molecule is c1ccc2c(c1)sc1c(-n3c4ccccc4c4c5sccc5ccc43)cccc12. The lowest BCUT2D eigenvalue weighted by molar-refractivity contribution is 1.20. The minimum absolute atomic E-state index is 1.27. The van der Waals surface area contributed by atoms with Crippen molar-refractivity contribution in [1.29, 1.82) is 0 Å². The van der Waals surface area contributed by atoms with E-state index in [9.17, 15) is 0 Å². The second-order valence-electron chi connectivity index (χ2n) is 7.40. The number of thiophene rings is 2. The van der Waals surface area contributed by atoms with Gasteiger partial charge in [0.2, 0.25) is 0 Å². The average Bonchev–Trinajstić information content (AvgIpc) is 3.46. The Labute approximate surface area is 175 Å². The first-order valence-electron chi connectivity index (χ1n) is 9.70. The maximum atomic E-state index is 2.46. The number of benzene rings is 4. The lowest BCUT2D eigenvalue weighted by atomic mass is 10.1. The highest BCUT2D eigenvalue weighted by Gasteiger charge is 2.17. The molecule has 0 bridgehead atoms. The normalized spacial score (nSPS) is 12.1. The van der Waals surface area contributed by atoms with Crippen LogP contribution in [-0.2, 0) is 0 Å². The van der Waals surface area contributed by atoms with Gasteiger partial charge >= 0.3 is 0 Å². The topological polar surface area (TPSA) is 4.93 Å². The molecule has 0 aliphatic heterocycles. The number of nitrogens with zero attached hydrogens (tertiary/aromatic N) is 1. The highest BCUT2D eigenvalue weighted by molar-refractivity contribution is 7.26. The van der Waals surface area contributed by atoms with E-state index < -0.39 is 0 Å². The second kappa shape index (κ2) is 5.69. The Bertz CT molecular complexity index is 1710. The van der Waals surface area contributed by atoms with E-state index in [4.69, 9.17) is 0 Å². The predicted octanol–water partition coefficient (Wildman–Crippen LogP) is 8.37. The molecule has 0 unspecified atom stereocenters. The molecule has 0 saturated heterocycles. The molecule has 7 rings (SSSR count). The third kappa shape index (κ3) is 2.04. The zero-order valence-corrected chi connectivity index (χ0v) is 17.1. The molecule has 0 aliphatic rings. The fourth-order valence-electron chi connectivity index (χ4n) is 4.65. The van der Waals surface area contributed by atoms with Gasteiger partial charge in [-0.05, 0) is 41.1 Å². The van der Waals surface area contributed by atoms with Crippen LogP contribution in [-0.4, -0.2) is 4.57 Å². The summed E-state index contributed by atoms with van der Waals surface area (Å²) in [7, 11) is 0. The summed E-state index contributed by atoms with van der Waals surface area (Å²) in [6.07, 6.45) is 0. The van der Waals surface area contributed by atoms with E-state index in [2.05, 4.69) is 94.9 Å². The maximum absolute atomic E-state index is 2.46. The van der Waals surface area contributed by atoms with Gasteiger partial charge in [-0.25, -0.2) is 0 Å². The molecule has 0 atom stereocenters.